The monoisotopic (exact) mass is 355 g/mol. The van der Waals surface area contributed by atoms with Gasteiger partial charge in [0.05, 0.1) is 7.11 Å². The summed E-state index contributed by atoms with van der Waals surface area (Å²) in [6.45, 7) is 3.80. The van der Waals surface area contributed by atoms with Crippen molar-refractivity contribution in [3.8, 4) is 5.75 Å². The number of benzene rings is 2. The molecule has 2 aromatic carbocycles. The summed E-state index contributed by atoms with van der Waals surface area (Å²) in [4.78, 5) is 25.4. The molecule has 0 spiro atoms. The quantitative estimate of drug-likeness (QED) is 0.834. The third-order valence-corrected chi connectivity index (χ3v) is 4.44. The average molecular weight is 355 g/mol. The number of carbonyl (C=O) groups is 2. The van der Waals surface area contributed by atoms with Crippen molar-refractivity contribution in [2.75, 3.05) is 19.5 Å². The van der Waals surface area contributed by atoms with Crippen LogP contribution in [-0.2, 0) is 6.42 Å². The van der Waals surface area contributed by atoms with E-state index < -0.39 is 5.91 Å². The highest BCUT2D eigenvalue weighted by Gasteiger charge is 2.18. The van der Waals surface area contributed by atoms with E-state index in [1.54, 1.807) is 37.3 Å². The summed E-state index contributed by atoms with van der Waals surface area (Å²) in [5, 5.41) is 2.88. The van der Waals surface area contributed by atoms with Crippen molar-refractivity contribution in [1.29, 1.82) is 0 Å². The van der Waals surface area contributed by atoms with Gasteiger partial charge in [-0.3, -0.25) is 4.79 Å². The number of amides is 3. The van der Waals surface area contributed by atoms with Crippen molar-refractivity contribution in [1.82, 2.24) is 4.90 Å². The Labute approximate surface area is 153 Å². The number of anilines is 1. The standard InChI is InChI=1S/C20H25N3O3/c1-13-11-16(19(21)24)9-10-17(13)22-20(25)23(3)14(2)12-15-7-5-6-8-18(15)26-4/h5-11,14H,12H2,1-4H3,(H2,21,24)(H,22,25)/t14-/m1/s1. The van der Waals surface area contributed by atoms with Gasteiger partial charge in [0.25, 0.3) is 0 Å². The van der Waals surface area contributed by atoms with Crippen LogP contribution in [0.2, 0.25) is 0 Å². The molecule has 0 radical (unpaired) electrons. The molecule has 0 aliphatic heterocycles. The summed E-state index contributed by atoms with van der Waals surface area (Å²) in [5.41, 5.74) is 8.16. The molecular formula is C20H25N3O3. The van der Waals surface area contributed by atoms with Crippen molar-refractivity contribution in [3.63, 3.8) is 0 Å². The van der Waals surface area contributed by atoms with E-state index in [1.165, 1.54) is 0 Å². The van der Waals surface area contributed by atoms with Gasteiger partial charge in [-0.1, -0.05) is 18.2 Å². The molecule has 3 N–H and O–H groups in total. The fourth-order valence-electron chi connectivity index (χ4n) is 2.69. The highest BCUT2D eigenvalue weighted by molar-refractivity contribution is 5.95. The SMILES string of the molecule is COc1ccccc1C[C@@H](C)N(C)C(=O)Nc1ccc(C(N)=O)cc1C. The number of nitrogens with one attached hydrogen (secondary N) is 1. The Hall–Kier alpha value is -3.02. The predicted molar refractivity (Wildman–Crippen MR) is 103 cm³/mol. The molecule has 138 valence electrons. The minimum absolute atomic E-state index is 0.0310. The molecule has 2 aromatic rings. The Morgan fingerprint density at radius 1 is 1.23 bits per heavy atom. The summed E-state index contributed by atoms with van der Waals surface area (Å²) in [6.07, 6.45) is 0.674. The highest BCUT2D eigenvalue weighted by atomic mass is 16.5. The topological polar surface area (TPSA) is 84.7 Å². The molecule has 0 aliphatic carbocycles. The maximum atomic E-state index is 12.6. The van der Waals surface area contributed by atoms with Crippen molar-refractivity contribution < 1.29 is 14.3 Å². The van der Waals surface area contributed by atoms with Crippen molar-refractivity contribution in [3.05, 3.63) is 59.2 Å². The first-order valence-corrected chi connectivity index (χ1v) is 8.39. The normalized spacial score (nSPS) is 11.5. The van der Waals surface area contributed by atoms with Gasteiger partial charge in [-0.2, -0.15) is 0 Å². The number of aryl methyl sites for hydroxylation is 1. The van der Waals surface area contributed by atoms with E-state index in [9.17, 15) is 9.59 Å². The molecule has 0 saturated carbocycles. The van der Waals surface area contributed by atoms with Gasteiger partial charge < -0.3 is 20.7 Å². The smallest absolute Gasteiger partial charge is 0.321 e. The molecule has 6 heteroatoms. The Bertz CT molecular complexity index is 805. The Morgan fingerprint density at radius 2 is 1.92 bits per heavy atom. The Kier molecular flexibility index (Phi) is 6.22. The largest absolute Gasteiger partial charge is 0.496 e. The number of para-hydroxylation sites is 1. The number of hydrogen-bond donors (Lipinski definition) is 2. The Morgan fingerprint density at radius 3 is 2.54 bits per heavy atom. The lowest BCUT2D eigenvalue weighted by atomic mass is 10.1. The second kappa shape index (κ2) is 8.38. The summed E-state index contributed by atoms with van der Waals surface area (Å²) in [5.74, 6) is 0.319. The fraction of sp³-hybridized carbons (Fsp3) is 0.300. The number of hydrogen-bond acceptors (Lipinski definition) is 3. The van der Waals surface area contributed by atoms with Crippen LogP contribution in [0, 0.1) is 6.92 Å². The Balaban J connectivity index is 2.06. The zero-order valence-corrected chi connectivity index (χ0v) is 15.6. The lowest BCUT2D eigenvalue weighted by molar-refractivity contribution is 0.1000. The van der Waals surface area contributed by atoms with E-state index in [4.69, 9.17) is 10.5 Å². The van der Waals surface area contributed by atoms with E-state index in [1.807, 2.05) is 38.1 Å². The van der Waals surface area contributed by atoms with Crippen LogP contribution >= 0.6 is 0 Å². The van der Waals surface area contributed by atoms with Gasteiger partial charge in [-0.05, 0) is 55.7 Å². The third kappa shape index (κ3) is 4.53. The minimum Gasteiger partial charge on any atom is -0.496 e. The third-order valence-electron chi connectivity index (χ3n) is 4.44. The molecule has 0 bridgehead atoms. The minimum atomic E-state index is -0.492. The van der Waals surface area contributed by atoms with E-state index in [2.05, 4.69) is 5.32 Å². The molecule has 0 heterocycles. The van der Waals surface area contributed by atoms with E-state index in [0.717, 1.165) is 16.9 Å². The molecule has 3 amide bonds. The molecule has 0 aromatic heterocycles. The molecule has 0 unspecified atom stereocenters. The van der Waals surface area contributed by atoms with E-state index in [-0.39, 0.29) is 12.1 Å². The number of nitrogens with zero attached hydrogens (tertiary/aromatic N) is 1. The number of carbonyl (C=O) groups excluding carboxylic acids is 2. The van der Waals surface area contributed by atoms with Crippen LogP contribution < -0.4 is 15.8 Å². The first-order valence-electron chi connectivity index (χ1n) is 8.39. The van der Waals surface area contributed by atoms with Crippen molar-refractivity contribution >= 4 is 17.6 Å². The van der Waals surface area contributed by atoms with Crippen LogP contribution in [0.5, 0.6) is 5.75 Å². The number of rotatable bonds is 6. The zero-order chi connectivity index (χ0) is 19.3. The average Bonchev–Trinajstić information content (AvgIpc) is 2.62. The maximum absolute atomic E-state index is 12.6. The van der Waals surface area contributed by atoms with Gasteiger partial charge >= 0.3 is 6.03 Å². The summed E-state index contributed by atoms with van der Waals surface area (Å²) < 4.78 is 5.37. The number of urea groups is 1. The van der Waals surface area contributed by atoms with Crippen LogP contribution in [0.25, 0.3) is 0 Å². The van der Waals surface area contributed by atoms with Crippen LogP contribution in [0.4, 0.5) is 10.5 Å². The molecule has 0 fully saturated rings. The number of nitrogens with two attached hydrogens (primary N) is 1. The van der Waals surface area contributed by atoms with E-state index in [0.29, 0.717) is 17.7 Å². The van der Waals surface area contributed by atoms with E-state index >= 15 is 0 Å². The predicted octanol–water partition coefficient (Wildman–Crippen LogP) is 3.20. The molecule has 2 rings (SSSR count). The van der Waals surface area contributed by atoms with Crippen LogP contribution in [0.15, 0.2) is 42.5 Å². The molecule has 0 saturated heterocycles. The molecular weight excluding hydrogens is 330 g/mol. The summed E-state index contributed by atoms with van der Waals surface area (Å²) in [6, 6.07) is 12.5. The molecule has 6 nitrogen and oxygen atoms in total. The number of likely N-dealkylation sites (N-methyl/N-ethyl adjacent to an activating group) is 1. The van der Waals surface area contributed by atoms with Crippen LogP contribution in [-0.4, -0.2) is 37.0 Å². The second-order valence-electron chi connectivity index (χ2n) is 6.30. The van der Waals surface area contributed by atoms with Crippen LogP contribution in [0.3, 0.4) is 0 Å². The lowest BCUT2D eigenvalue weighted by Gasteiger charge is -2.26. The lowest BCUT2D eigenvalue weighted by Crippen LogP contribution is -2.39. The van der Waals surface area contributed by atoms with Gasteiger partial charge in [-0.15, -0.1) is 0 Å². The number of primary amides is 1. The van der Waals surface area contributed by atoms with Gasteiger partial charge in [-0.25, -0.2) is 4.79 Å². The van der Waals surface area contributed by atoms with Gasteiger partial charge in [0.15, 0.2) is 0 Å². The molecule has 1 atom stereocenters. The van der Waals surface area contributed by atoms with Gasteiger partial charge in [0.2, 0.25) is 5.91 Å². The maximum Gasteiger partial charge on any atom is 0.321 e. The number of ether oxygens (including phenoxy) is 1. The molecule has 0 aliphatic rings. The van der Waals surface area contributed by atoms with Crippen molar-refractivity contribution in [2.45, 2.75) is 26.3 Å². The highest BCUT2D eigenvalue weighted by Crippen LogP contribution is 2.21. The summed E-state index contributed by atoms with van der Waals surface area (Å²) in [7, 11) is 3.39. The number of methoxy groups -OCH3 is 1. The fourth-order valence-corrected chi connectivity index (χ4v) is 2.69. The summed E-state index contributed by atoms with van der Waals surface area (Å²) >= 11 is 0. The molecule has 26 heavy (non-hydrogen) atoms. The zero-order valence-electron chi connectivity index (χ0n) is 15.6. The first kappa shape index (κ1) is 19.3. The first-order chi connectivity index (χ1) is 12.3. The van der Waals surface area contributed by atoms with Crippen LogP contribution in [0.1, 0.15) is 28.4 Å². The van der Waals surface area contributed by atoms with Gasteiger partial charge in [0, 0.05) is 24.3 Å². The second-order valence-corrected chi connectivity index (χ2v) is 6.30. The van der Waals surface area contributed by atoms with Crippen molar-refractivity contribution in [2.24, 2.45) is 5.73 Å². The van der Waals surface area contributed by atoms with Gasteiger partial charge in [0.1, 0.15) is 5.75 Å².